The fourth-order valence-corrected chi connectivity index (χ4v) is 3.65. The molecule has 3 rings (SSSR count). The summed E-state index contributed by atoms with van der Waals surface area (Å²) in [6.07, 6.45) is -5.45. The second-order valence-electron chi connectivity index (χ2n) is 6.14. The summed E-state index contributed by atoms with van der Waals surface area (Å²) in [4.78, 5) is 0.920. The Bertz CT molecular complexity index is 977. The Morgan fingerprint density at radius 3 is 2.57 bits per heavy atom. The molecule has 2 aromatic carbocycles. The zero-order valence-corrected chi connectivity index (χ0v) is 17.0. The predicted octanol–water partition coefficient (Wildman–Crippen LogP) is 5.00. The normalized spacial score (nSPS) is 12.6. The van der Waals surface area contributed by atoms with Crippen molar-refractivity contribution in [1.82, 2.24) is 15.5 Å². The molecule has 158 valence electrons. The number of aliphatic hydroxyl groups is 1. The summed E-state index contributed by atoms with van der Waals surface area (Å²) in [5.74, 6) is -0.285. The smallest absolute Gasteiger partial charge is 0.406 e. The standard InChI is InChI=1S/C20H17ClF3N3O2S/c21-17-12-16(19(27-26-17)30-15-7-2-1-3-8-15)18(28)25-10-9-13-5-4-6-14(11-13)29-20(22,23)24/h1-8,11-12,18,25,28H,9-10H2. The molecule has 0 bridgehead atoms. The van der Waals surface area contributed by atoms with Crippen LogP contribution in [0.25, 0.3) is 0 Å². The van der Waals surface area contributed by atoms with E-state index < -0.39 is 12.6 Å². The molecule has 0 spiro atoms. The second kappa shape index (κ2) is 10.1. The van der Waals surface area contributed by atoms with Gasteiger partial charge in [-0.15, -0.1) is 23.4 Å². The van der Waals surface area contributed by atoms with Crippen LogP contribution in [-0.2, 0) is 6.42 Å². The van der Waals surface area contributed by atoms with Crippen molar-refractivity contribution in [2.75, 3.05) is 6.54 Å². The Balaban J connectivity index is 1.63. The van der Waals surface area contributed by atoms with E-state index in [0.717, 1.165) is 4.90 Å². The highest BCUT2D eigenvalue weighted by molar-refractivity contribution is 7.99. The number of ether oxygens (including phenoxy) is 1. The molecule has 0 aliphatic heterocycles. The zero-order valence-electron chi connectivity index (χ0n) is 15.4. The van der Waals surface area contributed by atoms with E-state index in [-0.39, 0.29) is 10.9 Å². The Kier molecular flexibility index (Phi) is 7.54. The first-order valence-electron chi connectivity index (χ1n) is 8.82. The average molecular weight is 456 g/mol. The molecule has 1 aromatic heterocycles. The van der Waals surface area contributed by atoms with Crippen LogP contribution in [0.3, 0.4) is 0 Å². The van der Waals surface area contributed by atoms with Gasteiger partial charge in [-0.05, 0) is 42.3 Å². The maximum absolute atomic E-state index is 12.4. The summed E-state index contributed by atoms with van der Waals surface area (Å²) >= 11 is 7.27. The molecule has 0 saturated heterocycles. The molecule has 0 aliphatic carbocycles. The van der Waals surface area contributed by atoms with E-state index >= 15 is 0 Å². The molecule has 0 radical (unpaired) electrons. The lowest BCUT2D eigenvalue weighted by Crippen LogP contribution is -2.24. The van der Waals surface area contributed by atoms with Crippen LogP contribution in [0.4, 0.5) is 13.2 Å². The van der Waals surface area contributed by atoms with Crippen LogP contribution in [0, 0.1) is 0 Å². The first kappa shape index (κ1) is 22.4. The highest BCUT2D eigenvalue weighted by Gasteiger charge is 2.31. The molecule has 0 fully saturated rings. The van der Waals surface area contributed by atoms with Gasteiger partial charge in [-0.25, -0.2) is 0 Å². The molecular formula is C20H17ClF3N3O2S. The minimum absolute atomic E-state index is 0.139. The van der Waals surface area contributed by atoms with Crippen molar-refractivity contribution >= 4 is 23.4 Å². The van der Waals surface area contributed by atoms with Crippen LogP contribution in [0.1, 0.15) is 17.4 Å². The van der Waals surface area contributed by atoms with Crippen LogP contribution in [-0.4, -0.2) is 28.2 Å². The van der Waals surface area contributed by atoms with Crippen molar-refractivity contribution in [3.05, 3.63) is 76.9 Å². The van der Waals surface area contributed by atoms with Crippen LogP contribution in [0.5, 0.6) is 5.75 Å². The van der Waals surface area contributed by atoms with Crippen molar-refractivity contribution in [2.24, 2.45) is 0 Å². The minimum atomic E-state index is -4.74. The molecule has 3 aromatic rings. The van der Waals surface area contributed by atoms with Crippen LogP contribution in [0.15, 0.2) is 70.6 Å². The number of rotatable bonds is 8. The topological polar surface area (TPSA) is 67.3 Å². The number of alkyl halides is 3. The van der Waals surface area contributed by atoms with Gasteiger partial charge in [-0.1, -0.05) is 53.7 Å². The molecule has 0 saturated carbocycles. The third kappa shape index (κ3) is 6.88. The number of aromatic nitrogens is 2. The maximum atomic E-state index is 12.4. The van der Waals surface area contributed by atoms with Crippen LogP contribution >= 0.6 is 23.4 Å². The van der Waals surface area contributed by atoms with Crippen molar-refractivity contribution in [3.8, 4) is 5.75 Å². The van der Waals surface area contributed by atoms with Gasteiger partial charge in [0.2, 0.25) is 0 Å². The number of hydrogen-bond acceptors (Lipinski definition) is 6. The van der Waals surface area contributed by atoms with E-state index in [4.69, 9.17) is 11.6 Å². The Morgan fingerprint density at radius 1 is 1.07 bits per heavy atom. The first-order chi connectivity index (χ1) is 14.3. The lowest BCUT2D eigenvalue weighted by Gasteiger charge is -2.16. The van der Waals surface area contributed by atoms with E-state index in [9.17, 15) is 18.3 Å². The fourth-order valence-electron chi connectivity index (χ4n) is 2.61. The lowest BCUT2D eigenvalue weighted by atomic mass is 10.1. The highest BCUT2D eigenvalue weighted by atomic mass is 35.5. The monoisotopic (exact) mass is 455 g/mol. The molecule has 1 unspecified atom stereocenters. The maximum Gasteiger partial charge on any atom is 0.573 e. The van der Waals surface area contributed by atoms with Gasteiger partial charge in [-0.3, -0.25) is 5.32 Å². The molecule has 1 atom stereocenters. The molecular weight excluding hydrogens is 439 g/mol. The Labute approximate surface area is 180 Å². The number of hydrogen-bond donors (Lipinski definition) is 2. The fraction of sp³-hybridized carbons (Fsp3) is 0.200. The van der Waals surface area contributed by atoms with E-state index in [0.29, 0.717) is 29.1 Å². The first-order valence-corrected chi connectivity index (χ1v) is 10.0. The van der Waals surface area contributed by atoms with Crippen molar-refractivity contribution < 1.29 is 23.0 Å². The molecule has 5 nitrogen and oxygen atoms in total. The Hall–Kier alpha value is -2.33. The van der Waals surface area contributed by atoms with E-state index in [1.807, 2.05) is 30.3 Å². The summed E-state index contributed by atoms with van der Waals surface area (Å²) in [6, 6.07) is 16.7. The minimum Gasteiger partial charge on any atom is -0.406 e. The third-order valence-electron chi connectivity index (χ3n) is 3.89. The van der Waals surface area contributed by atoms with Crippen molar-refractivity contribution in [1.29, 1.82) is 0 Å². The molecule has 2 N–H and O–H groups in total. The summed E-state index contributed by atoms with van der Waals surface area (Å²) < 4.78 is 41.0. The molecule has 0 amide bonds. The van der Waals surface area contributed by atoms with Gasteiger partial charge in [0.05, 0.1) is 0 Å². The summed E-state index contributed by atoms with van der Waals surface area (Å²) in [5.41, 5.74) is 1.08. The summed E-state index contributed by atoms with van der Waals surface area (Å²) in [6.45, 7) is 0.298. The number of benzene rings is 2. The molecule has 1 heterocycles. The quantitative estimate of drug-likeness (QED) is 0.466. The average Bonchev–Trinajstić information content (AvgIpc) is 2.69. The highest BCUT2D eigenvalue weighted by Crippen LogP contribution is 2.31. The van der Waals surface area contributed by atoms with Crippen molar-refractivity contribution in [2.45, 2.75) is 28.9 Å². The van der Waals surface area contributed by atoms with E-state index in [1.165, 1.54) is 36.0 Å². The number of halogens is 4. The van der Waals surface area contributed by atoms with Crippen molar-refractivity contribution in [3.63, 3.8) is 0 Å². The Morgan fingerprint density at radius 2 is 1.83 bits per heavy atom. The SMILES string of the molecule is OC(NCCc1cccc(OC(F)(F)F)c1)c1cc(Cl)nnc1Sc1ccccc1. The van der Waals surface area contributed by atoms with E-state index in [2.05, 4.69) is 20.3 Å². The van der Waals surface area contributed by atoms with Gasteiger partial charge in [0.15, 0.2) is 5.15 Å². The van der Waals surface area contributed by atoms with Gasteiger partial charge in [0.1, 0.15) is 17.0 Å². The van der Waals surface area contributed by atoms with Gasteiger partial charge >= 0.3 is 6.36 Å². The number of aliphatic hydroxyl groups excluding tert-OH is 1. The lowest BCUT2D eigenvalue weighted by molar-refractivity contribution is -0.274. The third-order valence-corrected chi connectivity index (χ3v) is 5.10. The van der Waals surface area contributed by atoms with Crippen LogP contribution in [0.2, 0.25) is 5.15 Å². The second-order valence-corrected chi connectivity index (χ2v) is 7.59. The van der Waals surface area contributed by atoms with Crippen LogP contribution < -0.4 is 10.1 Å². The van der Waals surface area contributed by atoms with E-state index in [1.54, 1.807) is 6.07 Å². The van der Waals surface area contributed by atoms with Gasteiger partial charge < -0.3 is 9.84 Å². The van der Waals surface area contributed by atoms with Gasteiger partial charge in [0, 0.05) is 17.0 Å². The predicted molar refractivity (Wildman–Crippen MR) is 107 cm³/mol. The number of nitrogens with zero attached hydrogens (tertiary/aromatic N) is 2. The molecule has 10 heteroatoms. The largest absolute Gasteiger partial charge is 0.573 e. The number of nitrogens with one attached hydrogen (secondary N) is 1. The molecule has 0 aliphatic rings. The van der Waals surface area contributed by atoms with Gasteiger partial charge in [0.25, 0.3) is 0 Å². The zero-order chi connectivity index (χ0) is 21.6. The van der Waals surface area contributed by atoms with Gasteiger partial charge in [-0.2, -0.15) is 0 Å². The summed E-state index contributed by atoms with van der Waals surface area (Å²) in [5, 5.41) is 22.0. The summed E-state index contributed by atoms with van der Waals surface area (Å²) in [7, 11) is 0. The molecule has 30 heavy (non-hydrogen) atoms.